The van der Waals surface area contributed by atoms with Crippen molar-refractivity contribution in [3.8, 4) is 0 Å². The maximum atomic E-state index is 5.77. The zero-order chi connectivity index (χ0) is 15.2. The minimum atomic E-state index is 0.618. The molecule has 1 heterocycles. The summed E-state index contributed by atoms with van der Waals surface area (Å²) in [7, 11) is 2.18. The average Bonchev–Trinajstić information content (AvgIpc) is 2.46. The van der Waals surface area contributed by atoms with E-state index >= 15 is 0 Å². The molecular formula is C17H26N4. The van der Waals surface area contributed by atoms with Gasteiger partial charge in [-0.1, -0.05) is 0 Å². The predicted octanol–water partition coefficient (Wildman–Crippen LogP) is 3.35. The van der Waals surface area contributed by atoms with E-state index in [9.17, 15) is 0 Å². The largest absolute Gasteiger partial charge is 0.399 e. The van der Waals surface area contributed by atoms with Crippen molar-refractivity contribution in [2.24, 2.45) is 0 Å². The van der Waals surface area contributed by atoms with E-state index < -0.39 is 0 Å². The van der Waals surface area contributed by atoms with Crippen molar-refractivity contribution in [2.45, 2.75) is 32.7 Å². The molecule has 0 bridgehead atoms. The van der Waals surface area contributed by atoms with E-state index in [1.54, 1.807) is 0 Å². The molecule has 0 aliphatic carbocycles. The number of benzene rings is 1. The lowest BCUT2D eigenvalue weighted by atomic mass is 10.2. The zero-order valence-corrected chi connectivity index (χ0v) is 13.3. The first-order chi connectivity index (χ1) is 10.1. The quantitative estimate of drug-likeness (QED) is 0.605. The Labute approximate surface area is 127 Å². The van der Waals surface area contributed by atoms with Crippen LogP contribution in [-0.4, -0.2) is 36.1 Å². The number of fused-ring (bicyclic) bond motifs is 1. The molecule has 114 valence electrons. The molecule has 0 saturated carbocycles. The van der Waals surface area contributed by atoms with Crippen LogP contribution in [0.15, 0.2) is 30.3 Å². The molecule has 4 nitrogen and oxygen atoms in total. The molecule has 0 unspecified atom stereocenters. The molecule has 1 aromatic carbocycles. The lowest BCUT2D eigenvalue weighted by Gasteiger charge is -2.20. The molecule has 0 saturated heterocycles. The van der Waals surface area contributed by atoms with Gasteiger partial charge in [0.1, 0.15) is 5.82 Å². The molecule has 2 aromatic rings. The van der Waals surface area contributed by atoms with Crippen molar-refractivity contribution in [3.05, 3.63) is 30.3 Å². The molecule has 0 radical (unpaired) electrons. The molecule has 3 N–H and O–H groups in total. The van der Waals surface area contributed by atoms with Gasteiger partial charge < -0.3 is 16.0 Å². The van der Waals surface area contributed by atoms with Crippen LogP contribution < -0.4 is 11.1 Å². The first-order valence-corrected chi connectivity index (χ1v) is 7.66. The number of unbranched alkanes of at least 4 members (excludes halogenated alkanes) is 1. The molecule has 1 aromatic heterocycles. The smallest absolute Gasteiger partial charge is 0.126 e. The van der Waals surface area contributed by atoms with E-state index in [0.29, 0.717) is 6.04 Å². The number of hydrogen-bond donors (Lipinski definition) is 2. The molecule has 0 fully saturated rings. The van der Waals surface area contributed by atoms with Crippen molar-refractivity contribution >= 4 is 22.4 Å². The molecule has 0 amide bonds. The fourth-order valence-corrected chi connectivity index (χ4v) is 2.20. The van der Waals surface area contributed by atoms with Gasteiger partial charge in [-0.25, -0.2) is 4.98 Å². The van der Waals surface area contributed by atoms with Gasteiger partial charge in [-0.2, -0.15) is 0 Å². The van der Waals surface area contributed by atoms with Crippen LogP contribution in [0.25, 0.3) is 10.9 Å². The summed E-state index contributed by atoms with van der Waals surface area (Å²) in [6.45, 7) is 6.55. The van der Waals surface area contributed by atoms with Gasteiger partial charge in [0.25, 0.3) is 0 Å². The number of nitrogens with two attached hydrogens (primary N) is 1. The second-order valence-electron chi connectivity index (χ2n) is 5.86. The third-order valence-electron chi connectivity index (χ3n) is 3.84. The summed E-state index contributed by atoms with van der Waals surface area (Å²) in [5.41, 5.74) is 7.53. The summed E-state index contributed by atoms with van der Waals surface area (Å²) in [4.78, 5) is 6.97. The van der Waals surface area contributed by atoms with Crippen LogP contribution in [0.3, 0.4) is 0 Å². The molecule has 4 heteroatoms. The summed E-state index contributed by atoms with van der Waals surface area (Å²) < 4.78 is 0. The molecule has 0 spiro atoms. The monoisotopic (exact) mass is 286 g/mol. The normalized spacial score (nSPS) is 11.5. The van der Waals surface area contributed by atoms with E-state index in [1.165, 1.54) is 6.42 Å². The summed E-state index contributed by atoms with van der Waals surface area (Å²) in [6, 6.07) is 10.5. The van der Waals surface area contributed by atoms with Crippen molar-refractivity contribution in [1.82, 2.24) is 9.88 Å². The highest BCUT2D eigenvalue weighted by Gasteiger charge is 2.02. The van der Waals surface area contributed by atoms with Crippen molar-refractivity contribution in [1.29, 1.82) is 0 Å². The van der Waals surface area contributed by atoms with Gasteiger partial charge in [0.2, 0.25) is 0 Å². The second kappa shape index (κ2) is 7.27. The number of aromatic nitrogens is 1. The van der Waals surface area contributed by atoms with Gasteiger partial charge in [0, 0.05) is 23.7 Å². The molecule has 0 aliphatic rings. The molecule has 2 rings (SSSR count). The number of nitrogens with one attached hydrogen (secondary N) is 1. The number of nitrogen functional groups attached to an aromatic ring is 1. The van der Waals surface area contributed by atoms with Gasteiger partial charge in [-0.3, -0.25) is 0 Å². The first-order valence-electron chi connectivity index (χ1n) is 7.66. The molecule has 0 aliphatic heterocycles. The van der Waals surface area contributed by atoms with Crippen LogP contribution >= 0.6 is 0 Å². The van der Waals surface area contributed by atoms with E-state index in [4.69, 9.17) is 5.73 Å². The van der Waals surface area contributed by atoms with E-state index in [1.807, 2.05) is 24.3 Å². The van der Waals surface area contributed by atoms with Gasteiger partial charge in [0.05, 0.1) is 5.52 Å². The topological polar surface area (TPSA) is 54.2 Å². The van der Waals surface area contributed by atoms with E-state index in [0.717, 1.165) is 41.9 Å². The fourth-order valence-electron chi connectivity index (χ4n) is 2.20. The number of pyridine rings is 1. The maximum Gasteiger partial charge on any atom is 0.126 e. The Morgan fingerprint density at radius 2 is 2.00 bits per heavy atom. The molecule has 0 atom stereocenters. The van der Waals surface area contributed by atoms with Crippen LogP contribution in [-0.2, 0) is 0 Å². The van der Waals surface area contributed by atoms with Crippen LogP contribution in [0.2, 0.25) is 0 Å². The lowest BCUT2D eigenvalue weighted by Crippen LogP contribution is -2.27. The van der Waals surface area contributed by atoms with Crippen molar-refractivity contribution in [2.75, 3.05) is 31.2 Å². The van der Waals surface area contributed by atoms with Gasteiger partial charge >= 0.3 is 0 Å². The Hall–Kier alpha value is -1.81. The summed E-state index contributed by atoms with van der Waals surface area (Å²) >= 11 is 0. The number of nitrogens with zero attached hydrogens (tertiary/aromatic N) is 2. The highest BCUT2D eigenvalue weighted by atomic mass is 15.1. The number of hydrogen-bond acceptors (Lipinski definition) is 4. The Balaban J connectivity index is 1.80. The summed E-state index contributed by atoms with van der Waals surface area (Å²) in [5, 5.41) is 4.48. The zero-order valence-electron chi connectivity index (χ0n) is 13.3. The van der Waals surface area contributed by atoms with Crippen molar-refractivity contribution in [3.63, 3.8) is 0 Å². The highest BCUT2D eigenvalue weighted by molar-refractivity contribution is 5.83. The Kier molecular flexibility index (Phi) is 5.39. The Morgan fingerprint density at radius 3 is 2.76 bits per heavy atom. The van der Waals surface area contributed by atoms with Gasteiger partial charge in [-0.05, 0) is 70.6 Å². The van der Waals surface area contributed by atoms with Crippen LogP contribution in [0, 0.1) is 0 Å². The molecular weight excluding hydrogens is 260 g/mol. The summed E-state index contributed by atoms with van der Waals surface area (Å²) in [5.74, 6) is 0.935. The highest BCUT2D eigenvalue weighted by Crippen LogP contribution is 2.17. The number of anilines is 2. The SMILES string of the molecule is CC(C)N(C)CCCCNc1ccc2cc(N)ccc2n1. The van der Waals surface area contributed by atoms with Crippen LogP contribution in [0.4, 0.5) is 11.5 Å². The standard InChI is InChI=1S/C17H26N4/c1-13(2)21(3)11-5-4-10-19-17-9-6-14-12-15(18)7-8-16(14)20-17/h6-9,12-13H,4-5,10-11,18H2,1-3H3,(H,19,20). The van der Waals surface area contributed by atoms with E-state index in [-0.39, 0.29) is 0 Å². The second-order valence-corrected chi connectivity index (χ2v) is 5.86. The molecule has 21 heavy (non-hydrogen) atoms. The third kappa shape index (κ3) is 4.60. The Bertz CT molecular complexity index is 580. The third-order valence-corrected chi connectivity index (χ3v) is 3.84. The first kappa shape index (κ1) is 15.6. The summed E-state index contributed by atoms with van der Waals surface area (Å²) in [6.07, 6.45) is 2.35. The Morgan fingerprint density at radius 1 is 1.19 bits per heavy atom. The van der Waals surface area contributed by atoms with Gasteiger partial charge in [-0.15, -0.1) is 0 Å². The van der Waals surface area contributed by atoms with Crippen molar-refractivity contribution < 1.29 is 0 Å². The minimum Gasteiger partial charge on any atom is -0.399 e. The average molecular weight is 286 g/mol. The van der Waals surface area contributed by atoms with Crippen LogP contribution in [0.5, 0.6) is 0 Å². The maximum absolute atomic E-state index is 5.77. The van der Waals surface area contributed by atoms with E-state index in [2.05, 4.69) is 42.2 Å². The fraction of sp³-hybridized carbons (Fsp3) is 0.471. The van der Waals surface area contributed by atoms with Gasteiger partial charge in [0.15, 0.2) is 0 Å². The number of rotatable bonds is 7. The predicted molar refractivity (Wildman–Crippen MR) is 91.6 cm³/mol. The lowest BCUT2D eigenvalue weighted by molar-refractivity contribution is 0.269. The van der Waals surface area contributed by atoms with Crippen LogP contribution in [0.1, 0.15) is 26.7 Å². The minimum absolute atomic E-state index is 0.618.